The number of piperidine rings is 1. The second-order valence-corrected chi connectivity index (χ2v) is 9.89. The molecule has 2 aromatic carbocycles. The molecule has 0 spiro atoms. The SMILES string of the molecule is O=c1c2cnn(-c3ccc(-c4cccnc4)cc3)c2ncn1CC1(O)CCN(Cc2ccc(F)cc2)CC1. The number of hydrogen-bond donors (Lipinski definition) is 1. The molecule has 0 amide bonds. The van der Waals surface area contributed by atoms with Gasteiger partial charge in [0.25, 0.3) is 5.56 Å². The molecule has 8 nitrogen and oxygen atoms in total. The van der Waals surface area contributed by atoms with Gasteiger partial charge in [0.1, 0.15) is 17.5 Å². The second-order valence-electron chi connectivity index (χ2n) is 9.89. The van der Waals surface area contributed by atoms with E-state index in [2.05, 4.69) is 20.0 Å². The number of halogens is 1. The van der Waals surface area contributed by atoms with Crippen LogP contribution < -0.4 is 5.56 Å². The molecule has 1 aliphatic heterocycles. The van der Waals surface area contributed by atoms with Crippen LogP contribution in [0, 0.1) is 5.82 Å². The van der Waals surface area contributed by atoms with Crippen LogP contribution in [0.1, 0.15) is 18.4 Å². The fourth-order valence-electron chi connectivity index (χ4n) is 5.03. The lowest BCUT2D eigenvalue weighted by Gasteiger charge is -2.38. The molecule has 1 N–H and O–H groups in total. The average Bonchev–Trinajstić information content (AvgIpc) is 3.38. The molecule has 0 aliphatic carbocycles. The fraction of sp³-hybridized carbons (Fsp3) is 0.241. The molecule has 0 unspecified atom stereocenters. The van der Waals surface area contributed by atoms with Gasteiger partial charge in [-0.3, -0.25) is 19.2 Å². The van der Waals surface area contributed by atoms with Crippen LogP contribution in [-0.4, -0.2) is 53.0 Å². The lowest BCUT2D eigenvalue weighted by molar-refractivity contribution is -0.0364. The minimum atomic E-state index is -1.00. The molecule has 5 aromatic rings. The van der Waals surface area contributed by atoms with Gasteiger partial charge in [0.15, 0.2) is 5.65 Å². The molecule has 0 saturated carbocycles. The summed E-state index contributed by atoms with van der Waals surface area (Å²) >= 11 is 0. The second kappa shape index (κ2) is 9.92. The lowest BCUT2D eigenvalue weighted by atomic mass is 9.91. The summed E-state index contributed by atoms with van der Waals surface area (Å²) in [6.45, 7) is 2.24. The van der Waals surface area contributed by atoms with Crippen LogP contribution in [0.15, 0.2) is 90.4 Å². The van der Waals surface area contributed by atoms with Crippen molar-refractivity contribution in [2.75, 3.05) is 13.1 Å². The number of benzene rings is 2. The minimum absolute atomic E-state index is 0.171. The number of fused-ring (bicyclic) bond motifs is 1. The molecule has 0 bridgehead atoms. The number of hydrogen-bond acceptors (Lipinski definition) is 6. The highest BCUT2D eigenvalue weighted by molar-refractivity contribution is 5.75. The molecule has 192 valence electrons. The lowest BCUT2D eigenvalue weighted by Crippen LogP contribution is -2.47. The molecule has 38 heavy (non-hydrogen) atoms. The van der Waals surface area contributed by atoms with Crippen LogP contribution in [0.25, 0.3) is 27.8 Å². The normalized spacial score (nSPS) is 15.6. The van der Waals surface area contributed by atoms with E-state index in [0.29, 0.717) is 43.5 Å². The Balaban J connectivity index is 1.16. The Kier molecular flexibility index (Phi) is 6.30. The molecule has 3 aromatic heterocycles. The molecule has 1 fully saturated rings. The summed E-state index contributed by atoms with van der Waals surface area (Å²) in [5.74, 6) is -0.248. The van der Waals surface area contributed by atoms with E-state index in [1.54, 1.807) is 23.0 Å². The molecular formula is C29H27FN6O2. The van der Waals surface area contributed by atoms with E-state index in [4.69, 9.17) is 0 Å². The Morgan fingerprint density at radius 3 is 2.42 bits per heavy atom. The van der Waals surface area contributed by atoms with Crippen LogP contribution in [0.3, 0.4) is 0 Å². The Bertz CT molecular complexity index is 1610. The van der Waals surface area contributed by atoms with Crippen LogP contribution in [0.4, 0.5) is 4.39 Å². The number of aromatic nitrogens is 5. The number of aliphatic hydroxyl groups is 1. The molecule has 0 radical (unpaired) electrons. The zero-order valence-corrected chi connectivity index (χ0v) is 20.7. The summed E-state index contributed by atoms with van der Waals surface area (Å²) in [5.41, 5.74) is 3.12. The molecule has 4 heterocycles. The van der Waals surface area contributed by atoms with Crippen LogP contribution in [0.5, 0.6) is 0 Å². The Labute approximate surface area is 218 Å². The summed E-state index contributed by atoms with van der Waals surface area (Å²) in [5, 5.41) is 16.1. The summed E-state index contributed by atoms with van der Waals surface area (Å²) in [6, 6.07) is 18.2. The number of pyridine rings is 1. The predicted molar refractivity (Wildman–Crippen MR) is 142 cm³/mol. The Hall–Kier alpha value is -4.21. The highest BCUT2D eigenvalue weighted by atomic mass is 19.1. The van der Waals surface area contributed by atoms with Gasteiger partial charge in [0.05, 0.1) is 24.0 Å². The quantitative estimate of drug-likeness (QED) is 0.374. The van der Waals surface area contributed by atoms with Gasteiger partial charge in [0, 0.05) is 32.0 Å². The van der Waals surface area contributed by atoms with E-state index in [-0.39, 0.29) is 17.9 Å². The van der Waals surface area contributed by atoms with E-state index in [9.17, 15) is 14.3 Å². The molecular weight excluding hydrogens is 483 g/mol. The maximum absolute atomic E-state index is 13.3. The van der Waals surface area contributed by atoms with Gasteiger partial charge in [-0.25, -0.2) is 14.1 Å². The third-order valence-electron chi connectivity index (χ3n) is 7.23. The number of rotatable bonds is 6. The van der Waals surface area contributed by atoms with Gasteiger partial charge in [-0.2, -0.15) is 5.10 Å². The zero-order chi connectivity index (χ0) is 26.1. The monoisotopic (exact) mass is 510 g/mol. The number of nitrogens with zero attached hydrogens (tertiary/aromatic N) is 6. The van der Waals surface area contributed by atoms with Crippen molar-refractivity contribution in [2.24, 2.45) is 0 Å². The third-order valence-corrected chi connectivity index (χ3v) is 7.23. The summed E-state index contributed by atoms with van der Waals surface area (Å²) in [6.07, 6.45) is 7.64. The minimum Gasteiger partial charge on any atom is -0.388 e. The maximum atomic E-state index is 13.3. The molecule has 1 aliphatic rings. The first-order chi connectivity index (χ1) is 18.5. The van der Waals surface area contributed by atoms with Gasteiger partial charge in [-0.15, -0.1) is 0 Å². The van der Waals surface area contributed by atoms with Crippen molar-refractivity contribution in [3.05, 3.63) is 107 Å². The smallest absolute Gasteiger partial charge is 0.264 e. The van der Waals surface area contributed by atoms with Gasteiger partial charge in [0.2, 0.25) is 0 Å². The summed E-state index contributed by atoms with van der Waals surface area (Å²) < 4.78 is 16.3. The van der Waals surface area contributed by atoms with Gasteiger partial charge < -0.3 is 5.11 Å². The molecule has 6 rings (SSSR count). The van der Waals surface area contributed by atoms with Crippen molar-refractivity contribution in [3.63, 3.8) is 0 Å². The van der Waals surface area contributed by atoms with Gasteiger partial charge in [-0.05, 0) is 59.9 Å². The highest BCUT2D eigenvalue weighted by Crippen LogP contribution is 2.26. The van der Waals surface area contributed by atoms with E-state index in [0.717, 1.165) is 22.4 Å². The molecule has 9 heteroatoms. The van der Waals surface area contributed by atoms with Crippen molar-refractivity contribution in [1.29, 1.82) is 0 Å². The first kappa shape index (κ1) is 24.1. The van der Waals surface area contributed by atoms with Crippen molar-refractivity contribution < 1.29 is 9.50 Å². The summed E-state index contributed by atoms with van der Waals surface area (Å²) in [7, 11) is 0. The van der Waals surface area contributed by atoms with Crippen LogP contribution >= 0.6 is 0 Å². The summed E-state index contributed by atoms with van der Waals surface area (Å²) in [4.78, 5) is 24.2. The maximum Gasteiger partial charge on any atom is 0.264 e. The van der Waals surface area contributed by atoms with E-state index in [1.807, 2.05) is 42.6 Å². The van der Waals surface area contributed by atoms with Crippen LogP contribution in [0.2, 0.25) is 0 Å². The third kappa shape index (κ3) is 4.85. The molecule has 0 atom stereocenters. The average molecular weight is 511 g/mol. The van der Waals surface area contributed by atoms with Crippen molar-refractivity contribution >= 4 is 11.0 Å². The predicted octanol–water partition coefficient (Wildman–Crippen LogP) is 3.81. The number of likely N-dealkylation sites (tertiary alicyclic amines) is 1. The zero-order valence-electron chi connectivity index (χ0n) is 20.7. The van der Waals surface area contributed by atoms with E-state index in [1.165, 1.54) is 29.2 Å². The standard InChI is InChI=1S/C29H27FN6O2/c30-24-7-3-21(4-8-24)18-34-14-11-29(38,12-15-34)19-35-20-32-27-26(28(35)37)17-33-36(27)25-9-5-22(6-10-25)23-2-1-13-31-16-23/h1-10,13,16-17,20,38H,11-12,14-15,18-19H2. The first-order valence-corrected chi connectivity index (χ1v) is 12.6. The molecule has 1 saturated heterocycles. The van der Waals surface area contributed by atoms with Crippen molar-refractivity contribution in [2.45, 2.75) is 31.5 Å². The van der Waals surface area contributed by atoms with Crippen LogP contribution in [-0.2, 0) is 13.1 Å². The highest BCUT2D eigenvalue weighted by Gasteiger charge is 2.33. The largest absolute Gasteiger partial charge is 0.388 e. The first-order valence-electron chi connectivity index (χ1n) is 12.6. The fourth-order valence-corrected chi connectivity index (χ4v) is 5.03. The Morgan fingerprint density at radius 1 is 0.947 bits per heavy atom. The van der Waals surface area contributed by atoms with Gasteiger partial charge in [-0.1, -0.05) is 30.3 Å². The topological polar surface area (TPSA) is 89.1 Å². The van der Waals surface area contributed by atoms with E-state index >= 15 is 0 Å². The van der Waals surface area contributed by atoms with Crippen molar-refractivity contribution in [1.82, 2.24) is 29.2 Å². The van der Waals surface area contributed by atoms with Gasteiger partial charge >= 0.3 is 0 Å². The Morgan fingerprint density at radius 2 is 1.71 bits per heavy atom. The van der Waals surface area contributed by atoms with Crippen molar-refractivity contribution in [3.8, 4) is 16.8 Å². The van der Waals surface area contributed by atoms with E-state index < -0.39 is 5.60 Å².